The molecule has 0 aliphatic carbocycles. The molecular weight excluding hydrogens is 400 g/mol. The van der Waals surface area contributed by atoms with E-state index in [1.807, 2.05) is 42.1 Å². The molecule has 25 heavy (non-hydrogen) atoms. The molecule has 0 saturated heterocycles. The number of rotatable bonds is 4. The molecule has 0 spiro atoms. The zero-order valence-corrected chi connectivity index (χ0v) is 16.3. The number of phenols is 1. The van der Waals surface area contributed by atoms with E-state index in [9.17, 15) is 5.11 Å². The maximum Gasteiger partial charge on any atom is 0.188 e. The molecule has 6 heteroatoms. The van der Waals surface area contributed by atoms with Crippen molar-refractivity contribution in [3.8, 4) is 11.5 Å². The van der Waals surface area contributed by atoms with E-state index in [1.54, 1.807) is 6.07 Å². The van der Waals surface area contributed by atoms with Gasteiger partial charge in [-0.25, -0.2) is 0 Å². The third-order valence-corrected chi connectivity index (χ3v) is 5.75. The Morgan fingerprint density at radius 3 is 2.96 bits per heavy atom. The molecule has 0 saturated carbocycles. The molecule has 0 fully saturated rings. The highest BCUT2D eigenvalue weighted by Gasteiger charge is 2.40. The number of phenolic OH excluding ortho intramolecular Hbond substituents is 1. The Labute approximate surface area is 160 Å². The van der Waals surface area contributed by atoms with Gasteiger partial charge in [0.05, 0.1) is 11.8 Å². The van der Waals surface area contributed by atoms with Gasteiger partial charge in [0.15, 0.2) is 6.23 Å². The average molecular weight is 419 g/mol. The van der Waals surface area contributed by atoms with Crippen molar-refractivity contribution < 1.29 is 9.84 Å². The van der Waals surface area contributed by atoms with Gasteiger partial charge in [0.1, 0.15) is 11.5 Å². The van der Waals surface area contributed by atoms with Crippen LogP contribution in [0.3, 0.4) is 0 Å². The summed E-state index contributed by atoms with van der Waals surface area (Å²) in [4.78, 5) is 0. The summed E-state index contributed by atoms with van der Waals surface area (Å²) < 4.78 is 7.28. The SMILES string of the molecule is CSCC[C@H]1Oc2ccc(Br)cc2[C@H]2CC(c3ccccc3O)=NN21. The van der Waals surface area contributed by atoms with E-state index in [0.717, 1.165) is 45.7 Å². The van der Waals surface area contributed by atoms with E-state index in [4.69, 9.17) is 9.84 Å². The maximum absolute atomic E-state index is 10.2. The number of thioether (sulfide) groups is 1. The van der Waals surface area contributed by atoms with Crippen molar-refractivity contribution >= 4 is 33.4 Å². The summed E-state index contributed by atoms with van der Waals surface area (Å²) in [6, 6.07) is 13.7. The lowest BCUT2D eigenvalue weighted by molar-refractivity contribution is -0.0180. The molecule has 1 N–H and O–H groups in total. The first-order valence-corrected chi connectivity index (χ1v) is 10.5. The first-order valence-electron chi connectivity index (χ1n) is 8.26. The quantitative estimate of drug-likeness (QED) is 0.775. The van der Waals surface area contributed by atoms with Gasteiger partial charge in [0.25, 0.3) is 0 Å². The number of para-hydroxylation sites is 1. The average Bonchev–Trinajstić information content (AvgIpc) is 3.06. The second-order valence-electron chi connectivity index (χ2n) is 6.20. The fourth-order valence-corrected chi connectivity index (χ4v) is 4.24. The van der Waals surface area contributed by atoms with Crippen LogP contribution >= 0.6 is 27.7 Å². The standard InChI is InChI=1S/C19H19BrN2O2S/c1-25-9-8-19-22-16(14-10-12(20)6-7-18(14)24-19)11-15(21-22)13-4-2-3-5-17(13)23/h2-7,10,16,19,23H,8-9,11H2,1H3/t16-,19-/m1/s1. The number of fused-ring (bicyclic) bond motifs is 3. The molecule has 0 amide bonds. The van der Waals surface area contributed by atoms with Gasteiger partial charge in [0.2, 0.25) is 0 Å². The van der Waals surface area contributed by atoms with Crippen LogP contribution in [-0.2, 0) is 0 Å². The first kappa shape index (κ1) is 16.8. The Kier molecular flexibility index (Phi) is 4.65. The highest BCUT2D eigenvalue weighted by molar-refractivity contribution is 9.10. The number of nitrogens with zero attached hydrogens (tertiary/aromatic N) is 2. The number of hydrazone groups is 1. The van der Waals surface area contributed by atoms with E-state index in [2.05, 4.69) is 33.3 Å². The van der Waals surface area contributed by atoms with Gasteiger partial charge in [-0.1, -0.05) is 28.1 Å². The highest BCUT2D eigenvalue weighted by Crippen LogP contribution is 2.45. The number of halogens is 1. The zero-order valence-electron chi connectivity index (χ0n) is 13.9. The van der Waals surface area contributed by atoms with Crippen LogP contribution in [0.25, 0.3) is 0 Å². The molecule has 4 rings (SSSR count). The Morgan fingerprint density at radius 2 is 2.16 bits per heavy atom. The summed E-state index contributed by atoms with van der Waals surface area (Å²) in [7, 11) is 0. The van der Waals surface area contributed by atoms with E-state index < -0.39 is 0 Å². The molecule has 0 bridgehead atoms. The second kappa shape index (κ2) is 6.92. The molecule has 2 aliphatic heterocycles. The number of aromatic hydroxyl groups is 1. The minimum atomic E-state index is -0.0746. The van der Waals surface area contributed by atoms with Crippen LogP contribution in [0.15, 0.2) is 52.0 Å². The highest BCUT2D eigenvalue weighted by atomic mass is 79.9. The Hall–Kier alpha value is -1.66. The minimum absolute atomic E-state index is 0.0746. The number of ether oxygens (including phenoxy) is 1. The molecule has 4 nitrogen and oxygen atoms in total. The Morgan fingerprint density at radius 1 is 1.32 bits per heavy atom. The van der Waals surface area contributed by atoms with Gasteiger partial charge in [-0.3, -0.25) is 5.01 Å². The molecule has 130 valence electrons. The predicted octanol–water partition coefficient (Wildman–Crippen LogP) is 4.78. The van der Waals surface area contributed by atoms with Crippen molar-refractivity contribution in [1.82, 2.24) is 5.01 Å². The van der Waals surface area contributed by atoms with Gasteiger partial charge < -0.3 is 9.84 Å². The van der Waals surface area contributed by atoms with Crippen molar-refractivity contribution in [3.05, 3.63) is 58.1 Å². The van der Waals surface area contributed by atoms with Gasteiger partial charge >= 0.3 is 0 Å². The normalized spacial score (nSPS) is 21.4. The molecule has 0 radical (unpaired) electrons. The molecule has 2 aromatic rings. The lowest BCUT2D eigenvalue weighted by atomic mass is 9.96. The van der Waals surface area contributed by atoms with Gasteiger partial charge in [-0.2, -0.15) is 16.9 Å². The maximum atomic E-state index is 10.2. The van der Waals surface area contributed by atoms with Gasteiger partial charge in [0, 0.05) is 28.4 Å². The van der Waals surface area contributed by atoms with Crippen molar-refractivity contribution in [3.63, 3.8) is 0 Å². The number of hydrogen-bond donors (Lipinski definition) is 1. The largest absolute Gasteiger partial charge is 0.507 e. The fraction of sp³-hybridized carbons (Fsp3) is 0.316. The van der Waals surface area contributed by atoms with E-state index in [1.165, 1.54) is 0 Å². The van der Waals surface area contributed by atoms with Crippen LogP contribution in [0.5, 0.6) is 11.5 Å². The van der Waals surface area contributed by atoms with E-state index in [-0.39, 0.29) is 18.0 Å². The summed E-state index contributed by atoms with van der Waals surface area (Å²) >= 11 is 5.37. The van der Waals surface area contributed by atoms with Gasteiger partial charge in [-0.05, 0) is 42.3 Å². The van der Waals surface area contributed by atoms with Crippen LogP contribution in [-0.4, -0.2) is 34.1 Å². The smallest absolute Gasteiger partial charge is 0.188 e. The van der Waals surface area contributed by atoms with Crippen LogP contribution in [0.1, 0.15) is 30.0 Å². The minimum Gasteiger partial charge on any atom is -0.507 e. The summed E-state index contributed by atoms with van der Waals surface area (Å²) in [5, 5.41) is 17.1. The molecule has 2 atom stereocenters. The third kappa shape index (κ3) is 3.13. The first-order chi connectivity index (χ1) is 12.2. The van der Waals surface area contributed by atoms with Crippen LogP contribution in [0.2, 0.25) is 0 Å². The fourth-order valence-electron chi connectivity index (χ4n) is 3.42. The van der Waals surface area contributed by atoms with Crippen molar-refractivity contribution in [2.45, 2.75) is 25.1 Å². The monoisotopic (exact) mass is 418 g/mol. The Balaban J connectivity index is 1.73. The predicted molar refractivity (Wildman–Crippen MR) is 105 cm³/mol. The molecule has 2 heterocycles. The summed E-state index contributed by atoms with van der Waals surface area (Å²) in [5.41, 5.74) is 2.86. The van der Waals surface area contributed by atoms with E-state index >= 15 is 0 Å². The Bertz CT molecular complexity index is 827. The number of hydrogen-bond acceptors (Lipinski definition) is 5. The topological polar surface area (TPSA) is 45.1 Å². The molecular formula is C19H19BrN2O2S. The van der Waals surface area contributed by atoms with Crippen molar-refractivity contribution in [1.29, 1.82) is 0 Å². The molecule has 2 aliphatic rings. The van der Waals surface area contributed by atoms with Crippen molar-refractivity contribution in [2.24, 2.45) is 5.10 Å². The lowest BCUT2D eigenvalue weighted by Gasteiger charge is -2.38. The molecule has 0 aromatic heterocycles. The number of benzene rings is 2. The summed E-state index contributed by atoms with van der Waals surface area (Å²) in [6.45, 7) is 0. The molecule has 2 aromatic carbocycles. The lowest BCUT2D eigenvalue weighted by Crippen LogP contribution is -2.40. The molecule has 0 unspecified atom stereocenters. The summed E-state index contributed by atoms with van der Waals surface area (Å²) in [6.07, 6.45) is 3.70. The van der Waals surface area contributed by atoms with Crippen LogP contribution in [0, 0.1) is 0 Å². The zero-order chi connectivity index (χ0) is 17.4. The van der Waals surface area contributed by atoms with Crippen LogP contribution < -0.4 is 4.74 Å². The summed E-state index contributed by atoms with van der Waals surface area (Å²) in [5.74, 6) is 2.22. The third-order valence-electron chi connectivity index (χ3n) is 4.61. The van der Waals surface area contributed by atoms with Gasteiger partial charge in [-0.15, -0.1) is 0 Å². The van der Waals surface area contributed by atoms with Crippen LogP contribution in [0.4, 0.5) is 0 Å². The van der Waals surface area contributed by atoms with Crippen molar-refractivity contribution in [2.75, 3.05) is 12.0 Å². The van der Waals surface area contributed by atoms with E-state index in [0.29, 0.717) is 0 Å². The second-order valence-corrected chi connectivity index (χ2v) is 8.10.